The Morgan fingerprint density at radius 2 is 1.56 bits per heavy atom. The lowest BCUT2D eigenvalue weighted by Crippen LogP contribution is -2.53. The van der Waals surface area contributed by atoms with E-state index in [4.69, 9.17) is 0 Å². The quantitative estimate of drug-likeness (QED) is 0.783. The van der Waals surface area contributed by atoms with Crippen molar-refractivity contribution in [3.8, 4) is 0 Å². The summed E-state index contributed by atoms with van der Waals surface area (Å²) in [6, 6.07) is 0.602. The van der Waals surface area contributed by atoms with E-state index in [0.717, 1.165) is 6.54 Å². The molecule has 0 aromatic heterocycles. The Morgan fingerprint density at radius 3 is 2.00 bits per heavy atom. The molecule has 0 radical (unpaired) electrons. The third-order valence-corrected chi connectivity index (χ3v) is 4.04. The number of nitrogens with one attached hydrogen (secondary N) is 1. The molecule has 18 heavy (non-hydrogen) atoms. The van der Waals surface area contributed by atoms with Crippen LogP contribution in [-0.2, 0) is 0 Å². The van der Waals surface area contributed by atoms with E-state index in [1.54, 1.807) is 0 Å². The summed E-state index contributed by atoms with van der Waals surface area (Å²) in [5.74, 6) is 0. The van der Waals surface area contributed by atoms with E-state index in [2.05, 4.69) is 49.7 Å². The molecule has 0 bridgehead atoms. The highest BCUT2D eigenvalue weighted by molar-refractivity contribution is 4.85. The molecule has 0 spiro atoms. The summed E-state index contributed by atoms with van der Waals surface area (Å²) < 4.78 is 0. The fraction of sp³-hybridized carbons (Fsp3) is 1.00. The van der Waals surface area contributed by atoms with Gasteiger partial charge in [0.1, 0.15) is 0 Å². The van der Waals surface area contributed by atoms with Gasteiger partial charge in [-0.15, -0.1) is 0 Å². The maximum absolute atomic E-state index is 3.73. The van der Waals surface area contributed by atoms with Crippen molar-refractivity contribution in [2.24, 2.45) is 5.41 Å². The SMILES string of the molecule is CCCNC(CN1CCN(CC)CC1)C(C)(C)C. The average Bonchev–Trinajstić information content (AvgIpc) is 2.34. The number of hydrogen-bond acceptors (Lipinski definition) is 3. The van der Waals surface area contributed by atoms with Crippen molar-refractivity contribution in [3.05, 3.63) is 0 Å². The van der Waals surface area contributed by atoms with Crippen molar-refractivity contribution in [1.29, 1.82) is 0 Å². The van der Waals surface area contributed by atoms with Crippen molar-refractivity contribution in [3.63, 3.8) is 0 Å². The second-order valence-corrected chi connectivity index (χ2v) is 6.61. The van der Waals surface area contributed by atoms with Crippen LogP contribution in [0.1, 0.15) is 41.0 Å². The summed E-state index contributed by atoms with van der Waals surface area (Å²) in [5.41, 5.74) is 0.344. The average molecular weight is 255 g/mol. The minimum Gasteiger partial charge on any atom is -0.312 e. The third-order valence-electron chi connectivity index (χ3n) is 4.04. The van der Waals surface area contributed by atoms with Crippen LogP contribution in [0.25, 0.3) is 0 Å². The Bertz CT molecular complexity index is 214. The van der Waals surface area contributed by atoms with Gasteiger partial charge in [0.25, 0.3) is 0 Å². The summed E-state index contributed by atoms with van der Waals surface area (Å²) in [6.07, 6.45) is 1.22. The van der Waals surface area contributed by atoms with Gasteiger partial charge in [0.05, 0.1) is 0 Å². The van der Waals surface area contributed by atoms with Gasteiger partial charge in [-0.3, -0.25) is 4.90 Å². The minimum atomic E-state index is 0.344. The first-order valence-corrected chi connectivity index (χ1v) is 7.65. The van der Waals surface area contributed by atoms with Crippen LogP contribution in [-0.4, -0.2) is 61.7 Å². The van der Waals surface area contributed by atoms with Gasteiger partial charge in [0, 0.05) is 38.8 Å². The smallest absolute Gasteiger partial charge is 0.0243 e. The highest BCUT2D eigenvalue weighted by Gasteiger charge is 2.27. The van der Waals surface area contributed by atoms with Crippen LogP contribution in [0.4, 0.5) is 0 Å². The standard InChI is InChI=1S/C15H33N3/c1-6-8-16-14(15(3,4)5)13-18-11-9-17(7-2)10-12-18/h14,16H,6-13H2,1-5H3. The van der Waals surface area contributed by atoms with Crippen molar-refractivity contribution < 1.29 is 0 Å². The highest BCUT2D eigenvalue weighted by atomic mass is 15.3. The molecule has 0 amide bonds. The Labute approximate surface area is 114 Å². The topological polar surface area (TPSA) is 18.5 Å². The Hall–Kier alpha value is -0.120. The van der Waals surface area contributed by atoms with Crippen LogP contribution >= 0.6 is 0 Å². The number of nitrogens with zero attached hydrogens (tertiary/aromatic N) is 2. The van der Waals surface area contributed by atoms with Crippen LogP contribution in [0.5, 0.6) is 0 Å². The first kappa shape index (κ1) is 15.9. The monoisotopic (exact) mass is 255 g/mol. The van der Waals surface area contributed by atoms with Crippen molar-refractivity contribution in [1.82, 2.24) is 15.1 Å². The summed E-state index contributed by atoms with van der Waals surface area (Å²) in [6.45, 7) is 20.0. The summed E-state index contributed by atoms with van der Waals surface area (Å²) in [7, 11) is 0. The molecule has 108 valence electrons. The van der Waals surface area contributed by atoms with Crippen LogP contribution in [0.3, 0.4) is 0 Å². The maximum atomic E-state index is 3.73. The minimum absolute atomic E-state index is 0.344. The lowest BCUT2D eigenvalue weighted by molar-refractivity contribution is 0.106. The van der Waals surface area contributed by atoms with Gasteiger partial charge in [-0.1, -0.05) is 34.6 Å². The van der Waals surface area contributed by atoms with E-state index in [1.807, 2.05) is 0 Å². The van der Waals surface area contributed by atoms with Crippen LogP contribution < -0.4 is 5.32 Å². The van der Waals surface area contributed by atoms with Crippen LogP contribution in [0, 0.1) is 5.41 Å². The predicted octanol–water partition coefficient (Wildman–Crippen LogP) is 2.04. The van der Waals surface area contributed by atoms with E-state index in [1.165, 1.54) is 45.7 Å². The molecule has 3 heteroatoms. The molecule has 0 aromatic rings. The zero-order chi connectivity index (χ0) is 13.6. The van der Waals surface area contributed by atoms with Crippen LogP contribution in [0.2, 0.25) is 0 Å². The van der Waals surface area contributed by atoms with Gasteiger partial charge in [0.2, 0.25) is 0 Å². The molecular formula is C15H33N3. The molecule has 1 N–H and O–H groups in total. The zero-order valence-electron chi connectivity index (χ0n) is 13.1. The number of piperazine rings is 1. The highest BCUT2D eigenvalue weighted by Crippen LogP contribution is 2.20. The number of rotatable bonds is 6. The Morgan fingerprint density at radius 1 is 1.00 bits per heavy atom. The molecule has 1 heterocycles. The normalized spacial score (nSPS) is 21.2. The number of likely N-dealkylation sites (N-methyl/N-ethyl adjacent to an activating group) is 1. The predicted molar refractivity (Wildman–Crippen MR) is 80.1 cm³/mol. The lowest BCUT2D eigenvalue weighted by Gasteiger charge is -2.40. The molecule has 3 nitrogen and oxygen atoms in total. The van der Waals surface area contributed by atoms with E-state index in [-0.39, 0.29) is 0 Å². The van der Waals surface area contributed by atoms with Gasteiger partial charge in [-0.05, 0) is 24.9 Å². The van der Waals surface area contributed by atoms with E-state index >= 15 is 0 Å². The second kappa shape index (κ2) is 7.46. The summed E-state index contributed by atoms with van der Waals surface area (Å²) >= 11 is 0. The molecule has 0 aromatic carbocycles. The molecule has 1 aliphatic heterocycles. The van der Waals surface area contributed by atoms with Gasteiger partial charge in [-0.2, -0.15) is 0 Å². The molecule has 1 rings (SSSR count). The third kappa shape index (κ3) is 5.25. The summed E-state index contributed by atoms with van der Waals surface area (Å²) in [5, 5.41) is 3.73. The molecular weight excluding hydrogens is 222 g/mol. The molecule has 1 atom stereocenters. The molecule has 0 aliphatic carbocycles. The molecule has 0 saturated carbocycles. The lowest BCUT2D eigenvalue weighted by atomic mass is 9.86. The number of hydrogen-bond donors (Lipinski definition) is 1. The van der Waals surface area contributed by atoms with E-state index in [9.17, 15) is 0 Å². The van der Waals surface area contributed by atoms with Gasteiger partial charge < -0.3 is 10.2 Å². The molecule has 1 unspecified atom stereocenters. The van der Waals surface area contributed by atoms with E-state index in [0.29, 0.717) is 11.5 Å². The molecule has 1 fully saturated rings. The van der Waals surface area contributed by atoms with Crippen LogP contribution in [0.15, 0.2) is 0 Å². The zero-order valence-corrected chi connectivity index (χ0v) is 13.1. The first-order valence-electron chi connectivity index (χ1n) is 7.65. The second-order valence-electron chi connectivity index (χ2n) is 6.61. The van der Waals surface area contributed by atoms with Crippen molar-refractivity contribution >= 4 is 0 Å². The summed E-state index contributed by atoms with van der Waals surface area (Å²) in [4.78, 5) is 5.17. The van der Waals surface area contributed by atoms with E-state index < -0.39 is 0 Å². The van der Waals surface area contributed by atoms with Gasteiger partial charge in [-0.25, -0.2) is 0 Å². The van der Waals surface area contributed by atoms with Crippen molar-refractivity contribution in [2.75, 3.05) is 45.8 Å². The van der Waals surface area contributed by atoms with Gasteiger partial charge >= 0.3 is 0 Å². The Kier molecular flexibility index (Phi) is 6.61. The van der Waals surface area contributed by atoms with Crippen molar-refractivity contribution in [2.45, 2.75) is 47.1 Å². The first-order chi connectivity index (χ1) is 8.47. The largest absolute Gasteiger partial charge is 0.312 e. The molecule has 1 saturated heterocycles. The fourth-order valence-corrected chi connectivity index (χ4v) is 2.51. The molecule has 1 aliphatic rings. The Balaban J connectivity index is 2.41. The maximum Gasteiger partial charge on any atom is 0.0243 e. The van der Waals surface area contributed by atoms with Gasteiger partial charge in [0.15, 0.2) is 0 Å². The fourth-order valence-electron chi connectivity index (χ4n) is 2.51.